The highest BCUT2D eigenvalue weighted by atomic mass is 16.5. The number of phenolic OH excluding ortho intramolecular Hbond substituents is 1. The van der Waals surface area contributed by atoms with Crippen LogP contribution in [0.4, 0.5) is 0 Å². The molecule has 3 rings (SSSR count). The standard InChI is InChI=1S/C21H19NO5/c1-26-17-8-4-5-14(9-17)12-22-20(24)13-27-21(25)18-10-15-6-2-3-7-16(15)11-19(18)23/h2-11,23H,12-13H2,1H3,(H,22,24). The van der Waals surface area contributed by atoms with Gasteiger partial charge in [-0.1, -0.05) is 36.4 Å². The van der Waals surface area contributed by atoms with Crippen LogP contribution in [-0.4, -0.2) is 30.7 Å². The first-order valence-electron chi connectivity index (χ1n) is 8.35. The van der Waals surface area contributed by atoms with Gasteiger partial charge in [0.1, 0.15) is 17.1 Å². The molecule has 0 radical (unpaired) electrons. The summed E-state index contributed by atoms with van der Waals surface area (Å²) >= 11 is 0. The molecule has 0 heterocycles. The highest BCUT2D eigenvalue weighted by Crippen LogP contribution is 2.25. The van der Waals surface area contributed by atoms with Crippen molar-refractivity contribution in [2.75, 3.05) is 13.7 Å². The fourth-order valence-corrected chi connectivity index (χ4v) is 2.63. The summed E-state index contributed by atoms with van der Waals surface area (Å²) in [4.78, 5) is 24.1. The lowest BCUT2D eigenvalue weighted by molar-refractivity contribution is -0.124. The predicted octanol–water partition coefficient (Wildman–Crippen LogP) is 3.03. The van der Waals surface area contributed by atoms with Crippen molar-refractivity contribution in [1.29, 1.82) is 0 Å². The molecule has 0 aliphatic rings. The summed E-state index contributed by atoms with van der Waals surface area (Å²) in [5.74, 6) is -0.684. The highest BCUT2D eigenvalue weighted by Gasteiger charge is 2.15. The number of benzene rings is 3. The van der Waals surface area contributed by atoms with Crippen LogP contribution in [-0.2, 0) is 16.1 Å². The van der Waals surface area contributed by atoms with Crippen molar-refractivity contribution in [3.63, 3.8) is 0 Å². The quantitative estimate of drug-likeness (QED) is 0.656. The summed E-state index contributed by atoms with van der Waals surface area (Å²) < 4.78 is 10.1. The molecule has 6 heteroatoms. The van der Waals surface area contributed by atoms with E-state index in [4.69, 9.17) is 9.47 Å². The third-order valence-electron chi connectivity index (χ3n) is 4.04. The van der Waals surface area contributed by atoms with E-state index in [-0.39, 0.29) is 17.9 Å². The average molecular weight is 365 g/mol. The Balaban J connectivity index is 1.57. The molecule has 6 nitrogen and oxygen atoms in total. The van der Waals surface area contributed by atoms with Crippen molar-refractivity contribution in [2.45, 2.75) is 6.54 Å². The number of methoxy groups -OCH3 is 1. The van der Waals surface area contributed by atoms with Gasteiger partial charge in [-0.05, 0) is 40.6 Å². The van der Waals surface area contributed by atoms with Crippen molar-refractivity contribution >= 4 is 22.6 Å². The Morgan fingerprint density at radius 3 is 2.48 bits per heavy atom. The van der Waals surface area contributed by atoms with Crippen LogP contribution in [0.25, 0.3) is 10.8 Å². The van der Waals surface area contributed by atoms with Gasteiger partial charge in [0.05, 0.1) is 7.11 Å². The van der Waals surface area contributed by atoms with Gasteiger partial charge in [0, 0.05) is 6.54 Å². The van der Waals surface area contributed by atoms with Crippen LogP contribution in [0, 0.1) is 0 Å². The van der Waals surface area contributed by atoms with Crippen LogP contribution >= 0.6 is 0 Å². The molecule has 3 aromatic rings. The minimum absolute atomic E-state index is 0.0225. The minimum Gasteiger partial charge on any atom is -0.507 e. The van der Waals surface area contributed by atoms with E-state index in [9.17, 15) is 14.7 Å². The number of phenols is 1. The summed E-state index contributed by atoms with van der Waals surface area (Å²) in [6, 6.07) is 17.7. The van der Waals surface area contributed by atoms with E-state index in [0.717, 1.165) is 16.3 Å². The Bertz CT molecular complexity index is 983. The molecular weight excluding hydrogens is 346 g/mol. The van der Waals surface area contributed by atoms with Crippen molar-refractivity contribution in [3.05, 3.63) is 71.8 Å². The molecule has 0 saturated heterocycles. The largest absolute Gasteiger partial charge is 0.507 e. The molecule has 1 amide bonds. The molecule has 0 aromatic heterocycles. The van der Waals surface area contributed by atoms with Gasteiger partial charge in [-0.2, -0.15) is 0 Å². The molecule has 0 saturated carbocycles. The van der Waals surface area contributed by atoms with E-state index >= 15 is 0 Å². The molecule has 0 atom stereocenters. The number of hydrogen-bond donors (Lipinski definition) is 2. The smallest absolute Gasteiger partial charge is 0.342 e. The van der Waals surface area contributed by atoms with Gasteiger partial charge in [-0.25, -0.2) is 4.79 Å². The first-order valence-corrected chi connectivity index (χ1v) is 8.35. The number of nitrogens with one attached hydrogen (secondary N) is 1. The molecule has 0 aliphatic carbocycles. The van der Waals surface area contributed by atoms with Crippen LogP contribution in [0.3, 0.4) is 0 Å². The molecule has 2 N–H and O–H groups in total. The molecule has 27 heavy (non-hydrogen) atoms. The third kappa shape index (κ3) is 4.55. The Morgan fingerprint density at radius 2 is 1.74 bits per heavy atom. The number of hydrogen-bond acceptors (Lipinski definition) is 5. The maximum absolute atomic E-state index is 12.2. The van der Waals surface area contributed by atoms with Gasteiger partial charge >= 0.3 is 5.97 Å². The van der Waals surface area contributed by atoms with Crippen LogP contribution in [0.2, 0.25) is 0 Å². The number of esters is 1. The zero-order chi connectivity index (χ0) is 19.2. The Hall–Kier alpha value is -3.54. The summed E-state index contributed by atoms with van der Waals surface area (Å²) in [6.07, 6.45) is 0. The first kappa shape index (κ1) is 18.3. The van der Waals surface area contributed by atoms with E-state index in [1.54, 1.807) is 19.2 Å². The molecule has 0 unspecified atom stereocenters. The zero-order valence-electron chi connectivity index (χ0n) is 14.8. The molecule has 0 spiro atoms. The molecule has 0 aliphatic heterocycles. The molecule has 138 valence electrons. The Kier molecular flexibility index (Phi) is 5.56. The van der Waals surface area contributed by atoms with Crippen molar-refractivity contribution in [1.82, 2.24) is 5.32 Å². The number of carbonyl (C=O) groups is 2. The number of amides is 1. The molecule has 0 bridgehead atoms. The summed E-state index contributed by atoms with van der Waals surface area (Å²) in [6.45, 7) is -0.149. The third-order valence-corrected chi connectivity index (χ3v) is 4.04. The van der Waals surface area contributed by atoms with Crippen LogP contribution in [0.15, 0.2) is 60.7 Å². The normalized spacial score (nSPS) is 10.4. The highest BCUT2D eigenvalue weighted by molar-refractivity contribution is 5.99. The predicted molar refractivity (Wildman–Crippen MR) is 101 cm³/mol. The number of fused-ring (bicyclic) bond motifs is 1. The maximum atomic E-state index is 12.2. The zero-order valence-corrected chi connectivity index (χ0v) is 14.8. The van der Waals surface area contributed by atoms with Gasteiger partial charge in [0.2, 0.25) is 0 Å². The molecular formula is C21H19NO5. The maximum Gasteiger partial charge on any atom is 0.342 e. The SMILES string of the molecule is COc1cccc(CNC(=O)COC(=O)c2cc3ccccc3cc2O)c1. The monoisotopic (exact) mass is 365 g/mol. The number of rotatable bonds is 6. The van der Waals surface area contributed by atoms with Gasteiger partial charge in [0.25, 0.3) is 5.91 Å². The fraction of sp³-hybridized carbons (Fsp3) is 0.143. The van der Waals surface area contributed by atoms with E-state index < -0.39 is 18.5 Å². The van der Waals surface area contributed by atoms with Gasteiger partial charge in [0.15, 0.2) is 6.61 Å². The lowest BCUT2D eigenvalue weighted by Gasteiger charge is -2.09. The van der Waals surface area contributed by atoms with Gasteiger partial charge < -0.3 is 19.9 Å². The molecule has 0 fully saturated rings. The van der Waals surface area contributed by atoms with Crippen molar-refractivity contribution in [3.8, 4) is 11.5 Å². The van der Waals surface area contributed by atoms with Crippen LogP contribution in [0.1, 0.15) is 15.9 Å². The van der Waals surface area contributed by atoms with Gasteiger partial charge in [-0.15, -0.1) is 0 Å². The van der Waals surface area contributed by atoms with E-state index in [1.807, 2.05) is 42.5 Å². The number of aromatic hydroxyl groups is 1. The second kappa shape index (κ2) is 8.23. The lowest BCUT2D eigenvalue weighted by atomic mass is 10.1. The summed E-state index contributed by atoms with van der Waals surface area (Å²) in [7, 11) is 1.57. The Labute approximate surface area is 156 Å². The average Bonchev–Trinajstić information content (AvgIpc) is 2.70. The minimum atomic E-state index is -0.755. The van der Waals surface area contributed by atoms with E-state index in [0.29, 0.717) is 5.75 Å². The van der Waals surface area contributed by atoms with E-state index in [2.05, 4.69) is 5.32 Å². The summed E-state index contributed by atoms with van der Waals surface area (Å²) in [5.41, 5.74) is 0.885. The van der Waals surface area contributed by atoms with Crippen molar-refractivity contribution in [2.24, 2.45) is 0 Å². The lowest BCUT2D eigenvalue weighted by Crippen LogP contribution is -2.28. The first-order chi connectivity index (χ1) is 13.1. The fourth-order valence-electron chi connectivity index (χ4n) is 2.63. The second-order valence-corrected chi connectivity index (χ2v) is 5.92. The van der Waals surface area contributed by atoms with Crippen LogP contribution < -0.4 is 10.1 Å². The second-order valence-electron chi connectivity index (χ2n) is 5.92. The Morgan fingerprint density at radius 1 is 1.00 bits per heavy atom. The van der Waals surface area contributed by atoms with Crippen LogP contribution in [0.5, 0.6) is 11.5 Å². The number of carbonyl (C=O) groups excluding carboxylic acids is 2. The van der Waals surface area contributed by atoms with Crippen molar-refractivity contribution < 1.29 is 24.2 Å². The summed E-state index contributed by atoms with van der Waals surface area (Å²) in [5, 5.41) is 14.3. The molecule has 3 aromatic carbocycles. The number of ether oxygens (including phenoxy) is 2. The topological polar surface area (TPSA) is 84.9 Å². The van der Waals surface area contributed by atoms with E-state index in [1.165, 1.54) is 6.07 Å². The van der Waals surface area contributed by atoms with Gasteiger partial charge in [-0.3, -0.25) is 4.79 Å².